The van der Waals surface area contributed by atoms with E-state index in [-0.39, 0.29) is 6.09 Å². The minimum absolute atomic E-state index is 0.355. The summed E-state index contributed by atoms with van der Waals surface area (Å²) < 4.78 is 7.14. The molecule has 7 heteroatoms. The quantitative estimate of drug-likeness (QED) is 0.400. The van der Waals surface area contributed by atoms with Gasteiger partial charge in [-0.2, -0.15) is 5.10 Å². The summed E-state index contributed by atoms with van der Waals surface area (Å²) in [6, 6.07) is 0. The topological polar surface area (TPSA) is 80.0 Å². The van der Waals surface area contributed by atoms with Crippen LogP contribution >= 0.6 is 0 Å². The first-order valence-corrected chi connectivity index (χ1v) is 7.53. The van der Waals surface area contributed by atoms with Gasteiger partial charge in [-0.25, -0.2) is 4.79 Å². The number of hydrogen-bond acceptors (Lipinski definition) is 5. The summed E-state index contributed by atoms with van der Waals surface area (Å²) in [5.41, 5.74) is 1.91. The fraction of sp³-hybridized carbons (Fsp3) is 0.562. The van der Waals surface area contributed by atoms with Gasteiger partial charge in [0, 0.05) is 24.9 Å². The molecule has 1 aliphatic rings. The van der Waals surface area contributed by atoms with Gasteiger partial charge in [-0.3, -0.25) is 4.68 Å². The Kier molecular flexibility index (Phi) is 4.94. The minimum Gasteiger partial charge on any atom is -0.444 e. The number of ether oxygens (including phenoxy) is 1. The van der Waals surface area contributed by atoms with Crippen molar-refractivity contribution in [2.24, 2.45) is 5.16 Å². The van der Waals surface area contributed by atoms with Crippen LogP contribution in [-0.2, 0) is 24.2 Å². The van der Waals surface area contributed by atoms with Crippen LogP contribution in [0.25, 0.3) is 0 Å². The zero-order valence-electron chi connectivity index (χ0n) is 13.7. The first-order chi connectivity index (χ1) is 10.9. The monoisotopic (exact) mass is 318 g/mol. The van der Waals surface area contributed by atoms with E-state index >= 15 is 0 Å². The third kappa shape index (κ3) is 4.03. The van der Waals surface area contributed by atoms with Crippen LogP contribution in [0.3, 0.4) is 0 Å². The Hall–Kier alpha value is -2.49. The number of aryl methyl sites for hydroxylation is 1. The summed E-state index contributed by atoms with van der Waals surface area (Å²) in [7, 11) is 0. The van der Waals surface area contributed by atoms with Crippen LogP contribution in [0, 0.1) is 12.3 Å². The molecule has 0 saturated heterocycles. The lowest BCUT2D eigenvalue weighted by molar-refractivity contribution is 0.0223. The SMILES string of the molecule is C#CCCn1nc2c(c1C=NO)CN(C(=O)OC(C)(C)C)CC2. The van der Waals surface area contributed by atoms with Gasteiger partial charge in [-0.05, 0) is 20.8 Å². The molecule has 1 amide bonds. The first kappa shape index (κ1) is 16.9. The molecule has 1 N–H and O–H groups in total. The Balaban J connectivity index is 2.23. The Bertz CT molecular complexity index is 650. The van der Waals surface area contributed by atoms with Crippen LogP contribution in [0.2, 0.25) is 0 Å². The van der Waals surface area contributed by atoms with Crippen molar-refractivity contribution in [1.29, 1.82) is 0 Å². The van der Waals surface area contributed by atoms with E-state index in [2.05, 4.69) is 16.2 Å². The molecule has 2 heterocycles. The van der Waals surface area contributed by atoms with E-state index in [1.54, 1.807) is 9.58 Å². The fourth-order valence-electron chi connectivity index (χ4n) is 2.47. The number of carbonyl (C=O) groups is 1. The molecular weight excluding hydrogens is 296 g/mol. The number of carbonyl (C=O) groups excluding carboxylic acids is 1. The molecule has 0 atom stereocenters. The molecule has 0 fully saturated rings. The number of fused-ring (bicyclic) bond motifs is 1. The van der Waals surface area contributed by atoms with Crippen molar-refractivity contribution >= 4 is 12.3 Å². The molecule has 0 saturated carbocycles. The Morgan fingerprint density at radius 1 is 1.57 bits per heavy atom. The number of rotatable bonds is 3. The normalized spacial score (nSPS) is 14.6. The van der Waals surface area contributed by atoms with Gasteiger partial charge < -0.3 is 14.8 Å². The Morgan fingerprint density at radius 3 is 2.91 bits per heavy atom. The van der Waals surface area contributed by atoms with Gasteiger partial charge in [0.2, 0.25) is 0 Å². The van der Waals surface area contributed by atoms with Crippen LogP contribution in [0.15, 0.2) is 5.16 Å². The number of amides is 1. The predicted octanol–water partition coefficient (Wildman–Crippen LogP) is 2.01. The maximum Gasteiger partial charge on any atom is 0.410 e. The van der Waals surface area contributed by atoms with Gasteiger partial charge >= 0.3 is 6.09 Å². The third-order valence-corrected chi connectivity index (χ3v) is 3.44. The Labute approximate surface area is 135 Å². The van der Waals surface area contributed by atoms with Crippen molar-refractivity contribution in [3.8, 4) is 12.3 Å². The smallest absolute Gasteiger partial charge is 0.410 e. The van der Waals surface area contributed by atoms with Crippen molar-refractivity contribution in [2.75, 3.05) is 6.54 Å². The summed E-state index contributed by atoms with van der Waals surface area (Å²) in [6.07, 6.45) is 7.44. The molecule has 124 valence electrons. The lowest BCUT2D eigenvalue weighted by Crippen LogP contribution is -2.40. The highest BCUT2D eigenvalue weighted by Gasteiger charge is 2.29. The zero-order valence-corrected chi connectivity index (χ0v) is 13.7. The van der Waals surface area contributed by atoms with E-state index < -0.39 is 5.60 Å². The maximum absolute atomic E-state index is 12.2. The van der Waals surface area contributed by atoms with Crippen LogP contribution in [0.4, 0.5) is 4.79 Å². The van der Waals surface area contributed by atoms with E-state index in [9.17, 15) is 4.79 Å². The molecule has 2 rings (SSSR count). The molecule has 1 aromatic heterocycles. The van der Waals surface area contributed by atoms with E-state index in [1.807, 2.05) is 20.8 Å². The van der Waals surface area contributed by atoms with Gasteiger partial charge in [0.15, 0.2) is 0 Å². The van der Waals surface area contributed by atoms with Crippen molar-refractivity contribution in [3.05, 3.63) is 17.0 Å². The molecule has 0 spiro atoms. The summed E-state index contributed by atoms with van der Waals surface area (Å²) in [6.45, 7) is 6.97. The third-order valence-electron chi connectivity index (χ3n) is 3.44. The van der Waals surface area contributed by atoms with E-state index in [4.69, 9.17) is 16.4 Å². The molecule has 0 radical (unpaired) electrons. The molecule has 7 nitrogen and oxygen atoms in total. The molecule has 0 aromatic carbocycles. The average molecular weight is 318 g/mol. The average Bonchev–Trinajstić information content (AvgIpc) is 2.81. The van der Waals surface area contributed by atoms with Crippen LogP contribution in [-0.4, -0.2) is 44.3 Å². The van der Waals surface area contributed by atoms with Crippen molar-refractivity contribution in [1.82, 2.24) is 14.7 Å². The largest absolute Gasteiger partial charge is 0.444 e. The molecule has 1 aliphatic heterocycles. The van der Waals surface area contributed by atoms with Gasteiger partial charge in [0.1, 0.15) is 5.60 Å². The van der Waals surface area contributed by atoms with Gasteiger partial charge in [-0.15, -0.1) is 12.3 Å². The van der Waals surface area contributed by atoms with Gasteiger partial charge in [0.05, 0.1) is 30.7 Å². The number of aromatic nitrogens is 2. The highest BCUT2D eigenvalue weighted by Crippen LogP contribution is 2.23. The second-order valence-corrected chi connectivity index (χ2v) is 6.38. The lowest BCUT2D eigenvalue weighted by Gasteiger charge is -2.29. The highest BCUT2D eigenvalue weighted by atomic mass is 16.6. The van der Waals surface area contributed by atoms with Crippen LogP contribution in [0.1, 0.15) is 44.1 Å². The number of oxime groups is 1. The minimum atomic E-state index is -0.538. The van der Waals surface area contributed by atoms with Crippen LogP contribution < -0.4 is 0 Å². The zero-order chi connectivity index (χ0) is 17.0. The van der Waals surface area contributed by atoms with E-state index in [0.29, 0.717) is 38.2 Å². The number of hydrogen-bond donors (Lipinski definition) is 1. The molecule has 0 aliphatic carbocycles. The maximum atomic E-state index is 12.2. The lowest BCUT2D eigenvalue weighted by atomic mass is 10.1. The summed E-state index contributed by atoms with van der Waals surface area (Å²) in [4.78, 5) is 13.9. The summed E-state index contributed by atoms with van der Waals surface area (Å²) >= 11 is 0. The molecular formula is C16H22N4O3. The Morgan fingerprint density at radius 2 is 2.30 bits per heavy atom. The van der Waals surface area contributed by atoms with Gasteiger partial charge in [0.25, 0.3) is 0 Å². The molecule has 23 heavy (non-hydrogen) atoms. The van der Waals surface area contributed by atoms with E-state index in [1.165, 1.54) is 6.21 Å². The predicted molar refractivity (Wildman–Crippen MR) is 85.4 cm³/mol. The van der Waals surface area contributed by atoms with Crippen LogP contribution in [0.5, 0.6) is 0 Å². The second kappa shape index (κ2) is 6.73. The number of terminal acetylenes is 1. The first-order valence-electron chi connectivity index (χ1n) is 7.53. The standard InChI is InChI=1S/C16H22N4O3/c1-5-6-8-20-14(10-17-22)12-11-19(9-7-13(12)18-20)15(21)23-16(2,3)4/h1,10,22H,6-9,11H2,2-4H3. The second-order valence-electron chi connectivity index (χ2n) is 6.38. The highest BCUT2D eigenvalue weighted by molar-refractivity contribution is 5.80. The summed E-state index contributed by atoms with van der Waals surface area (Å²) in [5, 5.41) is 16.5. The molecule has 0 unspecified atom stereocenters. The van der Waals surface area contributed by atoms with Crippen molar-refractivity contribution in [3.63, 3.8) is 0 Å². The van der Waals surface area contributed by atoms with Crippen molar-refractivity contribution < 1.29 is 14.7 Å². The molecule has 1 aromatic rings. The molecule has 0 bridgehead atoms. The van der Waals surface area contributed by atoms with Gasteiger partial charge in [-0.1, -0.05) is 5.16 Å². The van der Waals surface area contributed by atoms with Crippen molar-refractivity contribution in [2.45, 2.75) is 52.3 Å². The summed E-state index contributed by atoms with van der Waals surface area (Å²) in [5.74, 6) is 2.57. The fourth-order valence-corrected chi connectivity index (χ4v) is 2.47. The van der Waals surface area contributed by atoms with E-state index in [0.717, 1.165) is 11.3 Å². The number of nitrogens with zero attached hydrogens (tertiary/aromatic N) is 4.